The molecule has 0 atom stereocenters. The first-order valence-electron chi connectivity index (χ1n) is 8.65. The molecule has 4 nitrogen and oxygen atoms in total. The van der Waals surface area contributed by atoms with Crippen LogP contribution in [0.15, 0.2) is 85.1 Å². The summed E-state index contributed by atoms with van der Waals surface area (Å²) in [5, 5.41) is 2.47. The van der Waals surface area contributed by atoms with Crippen molar-refractivity contribution in [3.63, 3.8) is 0 Å². The van der Waals surface area contributed by atoms with Gasteiger partial charge in [0, 0.05) is 22.4 Å². The molecule has 2 heterocycles. The Morgan fingerprint density at radius 1 is 0.741 bits per heavy atom. The summed E-state index contributed by atoms with van der Waals surface area (Å²) in [4.78, 5) is 22.2. The average molecular weight is 350 g/mol. The fourth-order valence-corrected chi connectivity index (χ4v) is 3.37. The van der Waals surface area contributed by atoms with Gasteiger partial charge in [0.25, 0.3) is 0 Å². The Bertz CT molecular complexity index is 1270. The molecule has 0 saturated heterocycles. The van der Waals surface area contributed by atoms with E-state index in [0.717, 1.165) is 27.2 Å². The zero-order chi connectivity index (χ0) is 18.2. The summed E-state index contributed by atoms with van der Waals surface area (Å²) >= 11 is 0. The summed E-state index contributed by atoms with van der Waals surface area (Å²) in [6, 6.07) is 24.6. The van der Waals surface area contributed by atoms with Crippen molar-refractivity contribution in [3.05, 3.63) is 90.6 Å². The molecule has 0 fully saturated rings. The third-order valence-corrected chi connectivity index (χ3v) is 4.59. The lowest BCUT2D eigenvalue weighted by molar-refractivity contribution is 0.0741. The number of para-hydroxylation sites is 3. The lowest BCUT2D eigenvalue weighted by Gasteiger charge is -2.11. The molecule has 0 aliphatic rings. The lowest BCUT2D eigenvalue weighted by Crippen LogP contribution is -2.11. The first-order chi connectivity index (χ1) is 13.3. The maximum Gasteiger partial charge on any atom is 0.344 e. The smallest absolute Gasteiger partial charge is 0.344 e. The van der Waals surface area contributed by atoms with Crippen LogP contribution in [0, 0.1) is 0 Å². The number of carbonyl (C=O) groups is 1. The van der Waals surface area contributed by atoms with E-state index in [1.807, 2.05) is 72.8 Å². The predicted molar refractivity (Wildman–Crippen MR) is 106 cm³/mol. The topological polar surface area (TPSA) is 52.1 Å². The van der Waals surface area contributed by atoms with Gasteiger partial charge in [-0.25, -0.2) is 9.78 Å². The van der Waals surface area contributed by atoms with Crippen molar-refractivity contribution in [2.24, 2.45) is 0 Å². The molecule has 5 rings (SSSR count). The summed E-state index contributed by atoms with van der Waals surface area (Å²) in [5.41, 5.74) is 2.71. The number of ether oxygens (including phenoxy) is 1. The highest BCUT2D eigenvalue weighted by atomic mass is 16.5. The van der Waals surface area contributed by atoms with Crippen LogP contribution in [0.3, 0.4) is 0 Å². The standard InChI is InChI=1S/C23H14N2O2/c26-23(27-20-13-5-7-15-8-6-14-24-22(15)20)21-16-9-1-3-11-18(16)25-19-12-4-2-10-17(19)21/h1-14H. The van der Waals surface area contributed by atoms with Crippen LogP contribution in [0.25, 0.3) is 32.7 Å². The van der Waals surface area contributed by atoms with Gasteiger partial charge in [0.15, 0.2) is 5.75 Å². The Labute approximate surface area is 155 Å². The molecular formula is C23H14N2O2. The number of fused-ring (bicyclic) bond motifs is 3. The molecule has 0 saturated carbocycles. The molecule has 0 spiro atoms. The van der Waals surface area contributed by atoms with E-state index < -0.39 is 5.97 Å². The van der Waals surface area contributed by atoms with E-state index in [1.54, 1.807) is 12.3 Å². The van der Waals surface area contributed by atoms with Crippen molar-refractivity contribution in [1.82, 2.24) is 9.97 Å². The van der Waals surface area contributed by atoms with Gasteiger partial charge in [0.05, 0.1) is 16.6 Å². The number of aromatic nitrogens is 2. The number of hydrogen-bond acceptors (Lipinski definition) is 4. The second kappa shape index (κ2) is 6.18. The Morgan fingerprint density at radius 2 is 1.41 bits per heavy atom. The molecule has 0 radical (unpaired) electrons. The van der Waals surface area contributed by atoms with Crippen molar-refractivity contribution < 1.29 is 9.53 Å². The van der Waals surface area contributed by atoms with Gasteiger partial charge in [-0.05, 0) is 24.3 Å². The molecule has 27 heavy (non-hydrogen) atoms. The molecule has 0 aliphatic carbocycles. The first-order valence-corrected chi connectivity index (χ1v) is 8.65. The average Bonchev–Trinajstić information content (AvgIpc) is 2.72. The number of carbonyl (C=O) groups excluding carboxylic acids is 1. The molecule has 4 heteroatoms. The molecule has 3 aromatic carbocycles. The molecule has 2 aromatic heterocycles. The predicted octanol–water partition coefficient (Wildman–Crippen LogP) is 5.16. The van der Waals surface area contributed by atoms with E-state index >= 15 is 0 Å². The molecule has 5 aromatic rings. The molecule has 128 valence electrons. The van der Waals surface area contributed by atoms with E-state index in [0.29, 0.717) is 16.8 Å². The number of rotatable bonds is 2. The highest BCUT2D eigenvalue weighted by molar-refractivity contribution is 6.15. The van der Waals surface area contributed by atoms with Crippen molar-refractivity contribution in [2.75, 3.05) is 0 Å². The van der Waals surface area contributed by atoms with Crippen LogP contribution in [0.1, 0.15) is 10.4 Å². The highest BCUT2D eigenvalue weighted by Crippen LogP contribution is 2.29. The molecule has 0 unspecified atom stereocenters. The van der Waals surface area contributed by atoms with Gasteiger partial charge in [0.1, 0.15) is 5.52 Å². The molecule has 0 bridgehead atoms. The summed E-state index contributed by atoms with van der Waals surface area (Å²) in [6.07, 6.45) is 1.69. The highest BCUT2D eigenvalue weighted by Gasteiger charge is 2.19. The maximum absolute atomic E-state index is 13.2. The fraction of sp³-hybridized carbons (Fsp3) is 0. The number of benzene rings is 3. The first kappa shape index (κ1) is 15.5. The van der Waals surface area contributed by atoms with E-state index in [1.165, 1.54) is 0 Å². The minimum atomic E-state index is -0.414. The number of hydrogen-bond donors (Lipinski definition) is 0. The van der Waals surface area contributed by atoms with E-state index in [4.69, 9.17) is 4.74 Å². The monoisotopic (exact) mass is 350 g/mol. The fourth-order valence-electron chi connectivity index (χ4n) is 3.37. The molecule has 0 aliphatic heterocycles. The van der Waals surface area contributed by atoms with Crippen molar-refractivity contribution >= 4 is 38.7 Å². The van der Waals surface area contributed by atoms with Crippen molar-refractivity contribution in [3.8, 4) is 5.75 Å². The van der Waals surface area contributed by atoms with Gasteiger partial charge in [0.2, 0.25) is 0 Å². The normalized spacial score (nSPS) is 11.1. The van der Waals surface area contributed by atoms with Crippen LogP contribution in [0.4, 0.5) is 0 Å². The molecule has 0 N–H and O–H groups in total. The Kier molecular flexibility index (Phi) is 3.54. The van der Waals surface area contributed by atoms with Crippen molar-refractivity contribution in [1.29, 1.82) is 0 Å². The largest absolute Gasteiger partial charge is 0.421 e. The van der Waals surface area contributed by atoms with Crippen LogP contribution < -0.4 is 4.74 Å². The van der Waals surface area contributed by atoms with Gasteiger partial charge in [-0.15, -0.1) is 0 Å². The molecule has 0 amide bonds. The second-order valence-corrected chi connectivity index (χ2v) is 6.24. The second-order valence-electron chi connectivity index (χ2n) is 6.24. The summed E-state index contributed by atoms with van der Waals surface area (Å²) in [6.45, 7) is 0. The van der Waals surface area contributed by atoms with Crippen LogP contribution in [0.2, 0.25) is 0 Å². The van der Waals surface area contributed by atoms with Gasteiger partial charge in [-0.2, -0.15) is 0 Å². The number of nitrogens with zero attached hydrogens (tertiary/aromatic N) is 2. The van der Waals surface area contributed by atoms with Crippen LogP contribution in [-0.2, 0) is 0 Å². The Hall–Kier alpha value is -3.79. The summed E-state index contributed by atoms with van der Waals surface area (Å²) in [7, 11) is 0. The third-order valence-electron chi connectivity index (χ3n) is 4.59. The van der Waals surface area contributed by atoms with Gasteiger partial charge < -0.3 is 4.74 Å². The van der Waals surface area contributed by atoms with E-state index in [-0.39, 0.29) is 0 Å². The van der Waals surface area contributed by atoms with E-state index in [2.05, 4.69) is 9.97 Å². The quantitative estimate of drug-likeness (QED) is 0.251. The van der Waals surface area contributed by atoms with Crippen LogP contribution >= 0.6 is 0 Å². The third kappa shape index (κ3) is 2.59. The van der Waals surface area contributed by atoms with E-state index in [9.17, 15) is 4.79 Å². The Morgan fingerprint density at radius 3 is 2.15 bits per heavy atom. The summed E-state index contributed by atoms with van der Waals surface area (Å²) in [5.74, 6) is 0.0334. The van der Waals surface area contributed by atoms with Crippen molar-refractivity contribution in [2.45, 2.75) is 0 Å². The van der Waals surface area contributed by atoms with Gasteiger partial charge in [-0.3, -0.25) is 4.98 Å². The van der Waals surface area contributed by atoms with Crippen LogP contribution in [0.5, 0.6) is 5.75 Å². The zero-order valence-electron chi connectivity index (χ0n) is 14.3. The van der Waals surface area contributed by atoms with Gasteiger partial charge >= 0.3 is 5.97 Å². The number of pyridine rings is 2. The summed E-state index contributed by atoms with van der Waals surface area (Å²) < 4.78 is 5.80. The maximum atomic E-state index is 13.2. The SMILES string of the molecule is O=C(Oc1cccc2cccnc12)c1c2ccccc2nc2ccccc12. The minimum absolute atomic E-state index is 0.414. The van der Waals surface area contributed by atoms with Gasteiger partial charge in [-0.1, -0.05) is 54.6 Å². The molecular weight excluding hydrogens is 336 g/mol. The zero-order valence-corrected chi connectivity index (χ0v) is 14.3. The van der Waals surface area contributed by atoms with Crippen LogP contribution in [-0.4, -0.2) is 15.9 Å². The lowest BCUT2D eigenvalue weighted by atomic mass is 10.0. The Balaban J connectivity index is 1.71. The minimum Gasteiger partial charge on any atom is -0.421 e. The number of esters is 1.